The van der Waals surface area contributed by atoms with E-state index in [2.05, 4.69) is 115 Å². The Hall–Kier alpha value is -3.92. The van der Waals surface area contributed by atoms with Gasteiger partial charge in [-0.25, -0.2) is 0 Å². The Morgan fingerprint density at radius 2 is 1.09 bits per heavy atom. The molecule has 1 aliphatic rings. The third-order valence-corrected chi connectivity index (χ3v) is 7.90. The van der Waals surface area contributed by atoms with E-state index in [1.807, 2.05) is 0 Å². The van der Waals surface area contributed by atoms with Gasteiger partial charge in [0.1, 0.15) is 5.75 Å². The molecule has 4 heteroatoms. The normalized spacial score (nSPS) is 14.0. The largest absolute Gasteiger partial charge is 0.497 e. The fraction of sp³-hybridized carbons (Fsp3) is 0.226. The molecule has 0 N–H and O–H groups in total. The molecule has 0 unspecified atom stereocenters. The van der Waals surface area contributed by atoms with Crippen LogP contribution in [-0.4, -0.2) is 29.3 Å². The average molecular weight is 462 g/mol. The molecule has 0 amide bonds. The Morgan fingerprint density at radius 3 is 1.54 bits per heavy atom. The number of rotatable bonds is 4. The van der Waals surface area contributed by atoms with Crippen LogP contribution in [0.25, 0.3) is 33.0 Å². The van der Waals surface area contributed by atoms with Gasteiger partial charge in [0.2, 0.25) is 0 Å². The highest BCUT2D eigenvalue weighted by molar-refractivity contribution is 6.10. The van der Waals surface area contributed by atoms with E-state index >= 15 is 0 Å². The maximum atomic E-state index is 5.41. The lowest BCUT2D eigenvalue weighted by molar-refractivity contribution is 0.415. The lowest BCUT2D eigenvalue weighted by Gasteiger charge is -2.19. The first-order valence-electron chi connectivity index (χ1n) is 12.2. The van der Waals surface area contributed by atoms with Crippen LogP contribution >= 0.6 is 0 Å². The minimum atomic E-state index is 0.874. The van der Waals surface area contributed by atoms with Crippen molar-refractivity contribution in [1.29, 1.82) is 0 Å². The predicted molar refractivity (Wildman–Crippen MR) is 147 cm³/mol. The van der Waals surface area contributed by atoms with Gasteiger partial charge in [-0.3, -0.25) is 0 Å². The molecule has 0 atom stereocenters. The van der Waals surface area contributed by atoms with Crippen molar-refractivity contribution in [2.75, 3.05) is 25.1 Å². The number of aryl methyl sites for hydroxylation is 2. The number of fused-ring (bicyclic) bond motifs is 2. The van der Waals surface area contributed by atoms with Gasteiger partial charge in [0.25, 0.3) is 0 Å². The van der Waals surface area contributed by atoms with Crippen LogP contribution < -0.4 is 9.64 Å². The molecular formula is C31H31N3O. The smallest absolute Gasteiger partial charge is 0.119 e. The van der Waals surface area contributed by atoms with Gasteiger partial charge in [0.15, 0.2) is 0 Å². The first-order valence-corrected chi connectivity index (χ1v) is 12.2. The van der Waals surface area contributed by atoms with Gasteiger partial charge in [-0.05, 0) is 61.4 Å². The molecule has 2 aromatic heterocycles. The number of anilines is 1. The molecule has 5 aromatic rings. The van der Waals surface area contributed by atoms with Crippen LogP contribution in [0.2, 0.25) is 0 Å². The molecule has 3 aromatic carbocycles. The summed E-state index contributed by atoms with van der Waals surface area (Å²) in [6, 6.07) is 26.0. The summed E-state index contributed by atoms with van der Waals surface area (Å²) in [5.41, 5.74) is 12.0. The van der Waals surface area contributed by atoms with E-state index in [1.54, 1.807) is 7.11 Å². The van der Waals surface area contributed by atoms with E-state index in [9.17, 15) is 0 Å². The van der Waals surface area contributed by atoms with Crippen molar-refractivity contribution in [3.05, 3.63) is 95.3 Å². The third kappa shape index (κ3) is 3.20. The Balaban J connectivity index is 1.61. The first kappa shape index (κ1) is 21.6. The van der Waals surface area contributed by atoms with E-state index in [0.29, 0.717) is 0 Å². The highest BCUT2D eigenvalue weighted by atomic mass is 16.5. The van der Waals surface area contributed by atoms with Crippen LogP contribution in [0.3, 0.4) is 0 Å². The van der Waals surface area contributed by atoms with E-state index in [-0.39, 0.29) is 0 Å². The Morgan fingerprint density at radius 1 is 0.629 bits per heavy atom. The number of hydrogen-bond donors (Lipinski definition) is 0. The van der Waals surface area contributed by atoms with Crippen LogP contribution in [0.15, 0.2) is 72.8 Å². The number of ether oxygens (including phenoxy) is 1. The Bertz CT molecular complexity index is 1520. The van der Waals surface area contributed by atoms with Crippen LogP contribution in [0, 0.1) is 13.8 Å². The fourth-order valence-electron chi connectivity index (χ4n) is 5.87. The summed E-state index contributed by atoms with van der Waals surface area (Å²) >= 11 is 0. The van der Waals surface area contributed by atoms with Gasteiger partial charge < -0.3 is 18.8 Å². The topological polar surface area (TPSA) is 22.3 Å². The molecule has 0 spiro atoms. The molecule has 0 aliphatic carbocycles. The summed E-state index contributed by atoms with van der Waals surface area (Å²) in [7, 11) is 6.08. The van der Waals surface area contributed by atoms with E-state index < -0.39 is 0 Å². The molecule has 176 valence electrons. The standard InChI is InChI=1S/C31H31N3O/c1-20-30(24-10-6-8-12-28(24)32(20)3)26-18-34(22-14-16-23(35-5)17-15-22)19-27(26)31-21(2)33(4)29-13-9-7-11-25(29)31/h6-17H,18-19H2,1-5H3. The quantitative estimate of drug-likeness (QED) is 0.296. The predicted octanol–water partition coefficient (Wildman–Crippen LogP) is 6.73. The van der Waals surface area contributed by atoms with Crippen molar-refractivity contribution in [2.24, 2.45) is 14.1 Å². The minimum absolute atomic E-state index is 0.874. The van der Waals surface area contributed by atoms with Gasteiger partial charge >= 0.3 is 0 Å². The summed E-state index contributed by atoms with van der Waals surface area (Å²) in [5.74, 6) is 0.885. The van der Waals surface area contributed by atoms with E-state index in [0.717, 1.165) is 18.8 Å². The van der Waals surface area contributed by atoms with E-state index in [1.165, 1.54) is 61.2 Å². The molecular weight excluding hydrogens is 430 g/mol. The zero-order valence-electron chi connectivity index (χ0n) is 21.1. The molecule has 0 saturated heterocycles. The lowest BCUT2D eigenvalue weighted by atomic mass is 9.93. The van der Waals surface area contributed by atoms with Crippen LogP contribution in [-0.2, 0) is 14.1 Å². The first-order chi connectivity index (χ1) is 17.0. The average Bonchev–Trinajstić information content (AvgIpc) is 3.50. The van der Waals surface area contributed by atoms with Gasteiger partial charge in [-0.15, -0.1) is 0 Å². The van der Waals surface area contributed by atoms with Crippen molar-refractivity contribution in [2.45, 2.75) is 13.8 Å². The summed E-state index contributed by atoms with van der Waals surface area (Å²) in [6.07, 6.45) is 0. The van der Waals surface area contributed by atoms with Crippen molar-refractivity contribution < 1.29 is 4.74 Å². The number of aromatic nitrogens is 2. The second kappa shape index (κ2) is 8.09. The zero-order chi connectivity index (χ0) is 24.3. The summed E-state index contributed by atoms with van der Waals surface area (Å²) in [5, 5.41) is 2.66. The maximum Gasteiger partial charge on any atom is 0.119 e. The molecule has 6 rings (SSSR count). The monoisotopic (exact) mass is 461 g/mol. The molecule has 0 radical (unpaired) electrons. The van der Waals surface area contributed by atoms with Crippen LogP contribution in [0.1, 0.15) is 22.5 Å². The Kier molecular flexibility index (Phi) is 4.99. The van der Waals surface area contributed by atoms with Crippen molar-refractivity contribution >= 4 is 38.6 Å². The molecule has 0 saturated carbocycles. The van der Waals surface area contributed by atoms with Gasteiger partial charge in [-0.1, -0.05) is 36.4 Å². The molecule has 4 nitrogen and oxygen atoms in total. The highest BCUT2D eigenvalue weighted by Crippen LogP contribution is 2.44. The summed E-state index contributed by atoms with van der Waals surface area (Å²) < 4.78 is 10.1. The lowest BCUT2D eigenvalue weighted by Crippen LogP contribution is -2.20. The minimum Gasteiger partial charge on any atom is -0.497 e. The zero-order valence-corrected chi connectivity index (χ0v) is 21.1. The highest BCUT2D eigenvalue weighted by Gasteiger charge is 2.30. The number of hydrogen-bond acceptors (Lipinski definition) is 2. The number of nitrogens with zero attached hydrogens (tertiary/aromatic N) is 3. The summed E-state index contributed by atoms with van der Waals surface area (Å²) in [6.45, 7) is 6.26. The van der Waals surface area contributed by atoms with Gasteiger partial charge in [0.05, 0.1) is 7.11 Å². The van der Waals surface area contributed by atoms with Crippen molar-refractivity contribution in [1.82, 2.24) is 9.13 Å². The third-order valence-electron chi connectivity index (χ3n) is 7.90. The van der Waals surface area contributed by atoms with Crippen molar-refractivity contribution in [3.8, 4) is 5.75 Å². The van der Waals surface area contributed by atoms with Crippen LogP contribution in [0.5, 0.6) is 5.75 Å². The van der Waals surface area contributed by atoms with Crippen molar-refractivity contribution in [3.63, 3.8) is 0 Å². The second-order valence-electron chi connectivity index (χ2n) is 9.58. The fourth-order valence-corrected chi connectivity index (χ4v) is 5.87. The molecule has 1 aliphatic heterocycles. The van der Waals surface area contributed by atoms with Gasteiger partial charge in [0, 0.05) is 77.2 Å². The maximum absolute atomic E-state index is 5.41. The van der Waals surface area contributed by atoms with Crippen LogP contribution in [0.4, 0.5) is 5.69 Å². The number of benzene rings is 3. The summed E-state index contributed by atoms with van der Waals surface area (Å²) in [4.78, 5) is 2.49. The molecule has 0 bridgehead atoms. The molecule has 3 heterocycles. The molecule has 0 fully saturated rings. The van der Waals surface area contributed by atoms with E-state index in [4.69, 9.17) is 4.74 Å². The number of methoxy groups -OCH3 is 1. The molecule has 35 heavy (non-hydrogen) atoms. The SMILES string of the molecule is COc1ccc(N2CC(c3c(C)n(C)c4ccccc34)=C(c3c(C)n(C)c4ccccc34)C2)cc1. The number of para-hydroxylation sites is 2. The van der Waals surface area contributed by atoms with Gasteiger partial charge in [-0.2, -0.15) is 0 Å². The Labute approximate surface area is 206 Å². The second-order valence-corrected chi connectivity index (χ2v) is 9.58.